The summed E-state index contributed by atoms with van der Waals surface area (Å²) in [5.41, 5.74) is 0. The van der Waals surface area contributed by atoms with E-state index in [2.05, 4.69) is 93.7 Å². The number of carbonyl (C=O) groups is 3. The molecule has 0 aromatic rings. The van der Waals surface area contributed by atoms with Gasteiger partial charge in [-0.1, -0.05) is 273 Å². The summed E-state index contributed by atoms with van der Waals surface area (Å²) >= 11 is 0. The van der Waals surface area contributed by atoms with Crippen molar-refractivity contribution in [3.63, 3.8) is 0 Å². The number of esters is 3. The topological polar surface area (TPSA) is 78.9 Å². The Labute approximate surface area is 433 Å². The van der Waals surface area contributed by atoms with Gasteiger partial charge in [-0.25, -0.2) is 0 Å². The molecule has 0 N–H and O–H groups in total. The number of carbonyl (C=O) groups excluding carboxylic acids is 3. The molecule has 404 valence electrons. The van der Waals surface area contributed by atoms with Crippen molar-refractivity contribution in [2.24, 2.45) is 0 Å². The molecule has 1 unspecified atom stereocenters. The molecule has 1 atom stereocenters. The van der Waals surface area contributed by atoms with Gasteiger partial charge in [0.15, 0.2) is 6.10 Å². The molecule has 0 rings (SSSR count). The van der Waals surface area contributed by atoms with E-state index in [0.29, 0.717) is 19.3 Å². The maximum absolute atomic E-state index is 12.9. The van der Waals surface area contributed by atoms with Gasteiger partial charge in [-0.2, -0.15) is 0 Å². The smallest absolute Gasteiger partial charge is 0.306 e. The van der Waals surface area contributed by atoms with Crippen LogP contribution in [0.25, 0.3) is 0 Å². The molecular formula is C64H112O6. The van der Waals surface area contributed by atoms with E-state index in [9.17, 15) is 14.4 Å². The van der Waals surface area contributed by atoms with E-state index < -0.39 is 6.10 Å². The Hall–Kier alpha value is -3.15. The first-order valence-electron chi connectivity index (χ1n) is 30.0. The van der Waals surface area contributed by atoms with E-state index in [-0.39, 0.29) is 31.1 Å². The molecule has 70 heavy (non-hydrogen) atoms. The zero-order valence-electron chi connectivity index (χ0n) is 46.3. The fraction of sp³-hybridized carbons (Fsp3) is 0.766. The lowest BCUT2D eigenvalue weighted by Crippen LogP contribution is -2.30. The van der Waals surface area contributed by atoms with Gasteiger partial charge in [-0.05, 0) is 77.0 Å². The van der Waals surface area contributed by atoms with Crippen LogP contribution in [0.4, 0.5) is 0 Å². The highest BCUT2D eigenvalue weighted by Crippen LogP contribution is 2.16. The lowest BCUT2D eigenvalue weighted by Gasteiger charge is -2.18. The maximum atomic E-state index is 12.9. The van der Waals surface area contributed by atoms with Crippen LogP contribution in [-0.4, -0.2) is 37.2 Å². The van der Waals surface area contributed by atoms with Gasteiger partial charge in [0.25, 0.3) is 0 Å². The van der Waals surface area contributed by atoms with E-state index in [1.54, 1.807) is 0 Å². The Morgan fingerprint density at radius 2 is 0.571 bits per heavy atom. The first kappa shape index (κ1) is 66.9. The highest BCUT2D eigenvalue weighted by Gasteiger charge is 2.19. The monoisotopic (exact) mass is 977 g/mol. The summed E-state index contributed by atoms with van der Waals surface area (Å²) in [5, 5.41) is 0. The Balaban J connectivity index is 4.43. The van der Waals surface area contributed by atoms with Crippen LogP contribution in [-0.2, 0) is 28.6 Å². The molecule has 0 saturated carbocycles. The summed E-state index contributed by atoms with van der Waals surface area (Å²) in [5.74, 6) is -0.903. The minimum Gasteiger partial charge on any atom is -0.462 e. The highest BCUT2D eigenvalue weighted by atomic mass is 16.6. The van der Waals surface area contributed by atoms with Crippen LogP contribution in [0.3, 0.4) is 0 Å². The normalized spacial score (nSPS) is 12.6. The fourth-order valence-electron chi connectivity index (χ4n) is 8.49. The highest BCUT2D eigenvalue weighted by molar-refractivity contribution is 5.71. The van der Waals surface area contributed by atoms with E-state index in [0.717, 1.165) is 96.3 Å². The average molecular weight is 978 g/mol. The standard InChI is InChI=1S/C64H112O6/c1-4-7-10-13-16-19-22-25-28-31-34-36-39-42-45-48-51-54-57-63(66)69-60-61(70-64(67)58-55-52-49-46-43-40-37-33-30-27-24-21-18-15-12-9-6-3)59-68-62(65)56-53-50-47-44-41-38-35-32-29-26-23-20-17-14-11-8-5-2/h16,18-19,21-22,25,27-28,30-31,34,36,61H,4-15,17,20,23-24,26,29,32-33,35,37-60H2,1-3H3/b19-16-,21-18-,25-22-,30-27-,31-28-,36-34-. The molecule has 6 nitrogen and oxygen atoms in total. The van der Waals surface area contributed by atoms with Crippen LogP contribution >= 0.6 is 0 Å². The number of rotatable bonds is 54. The molecule has 0 saturated heterocycles. The number of unbranched alkanes of at least 4 members (excludes halogenated alkanes) is 34. The second-order valence-electron chi connectivity index (χ2n) is 20.0. The van der Waals surface area contributed by atoms with Gasteiger partial charge >= 0.3 is 17.9 Å². The van der Waals surface area contributed by atoms with E-state index >= 15 is 0 Å². The molecule has 0 bridgehead atoms. The molecule has 0 amide bonds. The number of ether oxygens (including phenoxy) is 3. The van der Waals surface area contributed by atoms with E-state index in [1.807, 2.05) is 0 Å². The Kier molecular flexibility index (Phi) is 55.8. The van der Waals surface area contributed by atoms with Crippen LogP contribution < -0.4 is 0 Å². The molecule has 0 spiro atoms. The van der Waals surface area contributed by atoms with E-state index in [1.165, 1.54) is 161 Å². The van der Waals surface area contributed by atoms with Crippen molar-refractivity contribution in [3.05, 3.63) is 72.9 Å². The van der Waals surface area contributed by atoms with Gasteiger partial charge in [-0.3, -0.25) is 14.4 Å². The molecule has 0 radical (unpaired) electrons. The predicted octanol–water partition coefficient (Wildman–Crippen LogP) is 20.2. The third-order valence-electron chi connectivity index (χ3n) is 13.0. The van der Waals surface area contributed by atoms with Gasteiger partial charge in [0, 0.05) is 19.3 Å². The quantitative estimate of drug-likeness (QED) is 0.0199. The SMILES string of the molecule is CCCCC\C=C/C=C\C=C/C=C\CCCCCCCC(=O)OCC(COC(=O)CCCCCCCCCCCCCCCCCCC)OC(=O)CCCCCCCCC/C=C\C/C=C\CCCCC. The lowest BCUT2D eigenvalue weighted by molar-refractivity contribution is -0.167. The van der Waals surface area contributed by atoms with Gasteiger partial charge in [0.05, 0.1) is 0 Å². The van der Waals surface area contributed by atoms with Crippen LogP contribution in [0, 0.1) is 0 Å². The first-order valence-corrected chi connectivity index (χ1v) is 30.0. The van der Waals surface area contributed by atoms with Gasteiger partial charge < -0.3 is 14.2 Å². The fourth-order valence-corrected chi connectivity index (χ4v) is 8.49. The van der Waals surface area contributed by atoms with Crippen molar-refractivity contribution in [1.29, 1.82) is 0 Å². The second kappa shape index (κ2) is 58.4. The largest absolute Gasteiger partial charge is 0.462 e. The Morgan fingerprint density at radius 3 is 0.943 bits per heavy atom. The summed E-state index contributed by atoms with van der Waals surface area (Å²) in [6, 6.07) is 0. The van der Waals surface area contributed by atoms with Crippen molar-refractivity contribution in [2.75, 3.05) is 13.2 Å². The summed E-state index contributed by atoms with van der Waals surface area (Å²) in [6.45, 7) is 6.58. The second-order valence-corrected chi connectivity index (χ2v) is 20.0. The lowest BCUT2D eigenvalue weighted by atomic mass is 10.0. The summed E-state index contributed by atoms with van der Waals surface area (Å²) < 4.78 is 16.9. The summed E-state index contributed by atoms with van der Waals surface area (Å²) in [6.07, 6.45) is 74.5. The third kappa shape index (κ3) is 55.8. The zero-order chi connectivity index (χ0) is 50.7. The molecule has 0 aliphatic rings. The molecule has 0 aliphatic heterocycles. The molecule has 0 aromatic heterocycles. The van der Waals surface area contributed by atoms with E-state index in [4.69, 9.17) is 14.2 Å². The number of allylic oxidation sites excluding steroid dienone is 12. The number of hydrogen-bond acceptors (Lipinski definition) is 6. The minimum absolute atomic E-state index is 0.0841. The van der Waals surface area contributed by atoms with Gasteiger partial charge in [0.1, 0.15) is 13.2 Å². The summed E-state index contributed by atoms with van der Waals surface area (Å²) in [4.78, 5) is 38.2. The molecule has 0 fully saturated rings. The Morgan fingerprint density at radius 1 is 0.300 bits per heavy atom. The van der Waals surface area contributed by atoms with Crippen molar-refractivity contribution in [1.82, 2.24) is 0 Å². The molecule has 6 heteroatoms. The maximum Gasteiger partial charge on any atom is 0.306 e. The van der Waals surface area contributed by atoms with Gasteiger partial charge in [0.2, 0.25) is 0 Å². The zero-order valence-corrected chi connectivity index (χ0v) is 46.3. The molecular weight excluding hydrogens is 865 g/mol. The summed E-state index contributed by atoms with van der Waals surface area (Å²) in [7, 11) is 0. The molecule has 0 heterocycles. The first-order chi connectivity index (χ1) is 34.5. The van der Waals surface area contributed by atoms with Crippen LogP contribution in [0.2, 0.25) is 0 Å². The number of hydrogen-bond donors (Lipinski definition) is 0. The van der Waals surface area contributed by atoms with Crippen molar-refractivity contribution in [2.45, 2.75) is 303 Å². The minimum atomic E-state index is -0.789. The van der Waals surface area contributed by atoms with Crippen LogP contribution in [0.15, 0.2) is 72.9 Å². The van der Waals surface area contributed by atoms with Crippen molar-refractivity contribution < 1.29 is 28.6 Å². The molecule has 0 aromatic carbocycles. The van der Waals surface area contributed by atoms with Crippen molar-refractivity contribution >= 4 is 17.9 Å². The molecule has 0 aliphatic carbocycles. The predicted molar refractivity (Wildman–Crippen MR) is 302 cm³/mol. The average Bonchev–Trinajstić information content (AvgIpc) is 3.36. The van der Waals surface area contributed by atoms with Crippen molar-refractivity contribution in [3.8, 4) is 0 Å². The van der Waals surface area contributed by atoms with Crippen LogP contribution in [0.1, 0.15) is 297 Å². The third-order valence-corrected chi connectivity index (χ3v) is 13.0. The van der Waals surface area contributed by atoms with Crippen LogP contribution in [0.5, 0.6) is 0 Å². The van der Waals surface area contributed by atoms with Gasteiger partial charge in [-0.15, -0.1) is 0 Å². The Bertz CT molecular complexity index is 1310.